The topological polar surface area (TPSA) is 45.1 Å². The summed E-state index contributed by atoms with van der Waals surface area (Å²) in [5, 5.41) is 15.8. The Morgan fingerprint density at radius 2 is 2.56 bits per heavy atom. The summed E-state index contributed by atoms with van der Waals surface area (Å²) in [7, 11) is 0. The zero-order chi connectivity index (χ0) is 11.4. The molecule has 0 aliphatic carbocycles. The number of piperidine rings is 1. The molecule has 4 heteroatoms. The van der Waals surface area contributed by atoms with Crippen molar-refractivity contribution in [1.29, 1.82) is 0 Å². The van der Waals surface area contributed by atoms with E-state index in [0.29, 0.717) is 0 Å². The summed E-state index contributed by atoms with van der Waals surface area (Å²) >= 11 is 1.74. The van der Waals surface area contributed by atoms with Crippen LogP contribution < -0.4 is 5.32 Å². The fourth-order valence-electron chi connectivity index (χ4n) is 2.08. The van der Waals surface area contributed by atoms with E-state index in [1.165, 1.54) is 24.4 Å². The number of hydrogen-bond donors (Lipinski definition) is 2. The molecule has 0 amide bonds. The third kappa shape index (κ3) is 3.03. The van der Waals surface area contributed by atoms with Crippen LogP contribution in [-0.2, 0) is 6.42 Å². The molecule has 2 rings (SSSR count). The Bertz CT molecular complexity index is 321. The molecule has 2 heterocycles. The molecule has 0 spiro atoms. The molecular weight excluding hydrogens is 220 g/mol. The second kappa shape index (κ2) is 5.75. The van der Waals surface area contributed by atoms with Crippen LogP contribution in [0.15, 0.2) is 5.38 Å². The van der Waals surface area contributed by atoms with E-state index in [4.69, 9.17) is 5.11 Å². The fourth-order valence-corrected chi connectivity index (χ4v) is 3.12. The lowest BCUT2D eigenvalue weighted by Gasteiger charge is -2.21. The Balaban J connectivity index is 1.91. The van der Waals surface area contributed by atoms with E-state index in [1.54, 1.807) is 11.3 Å². The van der Waals surface area contributed by atoms with E-state index in [1.807, 2.05) is 6.92 Å². The monoisotopic (exact) mass is 240 g/mol. The van der Waals surface area contributed by atoms with Gasteiger partial charge in [0.25, 0.3) is 0 Å². The van der Waals surface area contributed by atoms with Gasteiger partial charge in [-0.15, -0.1) is 11.3 Å². The largest absolute Gasteiger partial charge is 0.396 e. The van der Waals surface area contributed by atoms with Gasteiger partial charge < -0.3 is 10.4 Å². The van der Waals surface area contributed by atoms with Crippen LogP contribution >= 0.6 is 11.3 Å². The standard InChI is InChI=1S/C12H20N2OS/c1-9(7-15)11-8-16-12(14-11)5-10-3-2-4-13-6-10/h8-10,13,15H,2-7H2,1H3. The molecule has 1 aromatic rings. The highest BCUT2D eigenvalue weighted by atomic mass is 32.1. The molecule has 1 aromatic heterocycles. The second-order valence-corrected chi connectivity index (χ2v) is 5.61. The highest BCUT2D eigenvalue weighted by Crippen LogP contribution is 2.22. The lowest BCUT2D eigenvalue weighted by atomic mass is 9.97. The first-order valence-electron chi connectivity index (χ1n) is 6.05. The number of aromatic nitrogens is 1. The molecule has 2 N–H and O–H groups in total. The number of thiazole rings is 1. The lowest BCUT2D eigenvalue weighted by Crippen LogP contribution is -2.30. The van der Waals surface area contributed by atoms with Crippen molar-refractivity contribution in [2.75, 3.05) is 19.7 Å². The maximum Gasteiger partial charge on any atom is 0.0931 e. The summed E-state index contributed by atoms with van der Waals surface area (Å²) in [4.78, 5) is 4.61. The molecule has 1 aliphatic rings. The van der Waals surface area contributed by atoms with Crippen molar-refractivity contribution in [2.24, 2.45) is 5.92 Å². The number of aliphatic hydroxyl groups is 1. The van der Waals surface area contributed by atoms with Crippen LogP contribution in [0.4, 0.5) is 0 Å². The highest BCUT2D eigenvalue weighted by molar-refractivity contribution is 7.09. The van der Waals surface area contributed by atoms with Gasteiger partial charge in [-0.2, -0.15) is 0 Å². The Morgan fingerprint density at radius 1 is 1.69 bits per heavy atom. The molecule has 2 unspecified atom stereocenters. The lowest BCUT2D eigenvalue weighted by molar-refractivity contribution is 0.271. The molecule has 90 valence electrons. The number of hydrogen-bond acceptors (Lipinski definition) is 4. The second-order valence-electron chi connectivity index (χ2n) is 4.67. The average Bonchev–Trinajstić information content (AvgIpc) is 2.78. The molecule has 0 bridgehead atoms. The Kier molecular flexibility index (Phi) is 4.32. The van der Waals surface area contributed by atoms with Crippen molar-refractivity contribution in [2.45, 2.75) is 32.1 Å². The predicted molar refractivity (Wildman–Crippen MR) is 66.9 cm³/mol. The van der Waals surface area contributed by atoms with Gasteiger partial charge >= 0.3 is 0 Å². The summed E-state index contributed by atoms with van der Waals surface area (Å²) in [5.41, 5.74) is 1.05. The normalized spacial score (nSPS) is 23.2. The molecule has 0 radical (unpaired) electrons. The van der Waals surface area contributed by atoms with Crippen molar-refractivity contribution in [3.63, 3.8) is 0 Å². The van der Waals surface area contributed by atoms with Gasteiger partial charge in [0, 0.05) is 17.7 Å². The number of rotatable bonds is 4. The van der Waals surface area contributed by atoms with Crippen LogP contribution in [0.25, 0.3) is 0 Å². The van der Waals surface area contributed by atoms with E-state index in [9.17, 15) is 0 Å². The third-order valence-corrected chi connectivity index (χ3v) is 4.10. The van der Waals surface area contributed by atoms with E-state index in [2.05, 4.69) is 15.7 Å². The fraction of sp³-hybridized carbons (Fsp3) is 0.750. The summed E-state index contributed by atoms with van der Waals surface area (Å²) in [6.07, 6.45) is 3.70. The minimum atomic E-state index is 0.175. The highest BCUT2D eigenvalue weighted by Gasteiger charge is 2.16. The summed E-state index contributed by atoms with van der Waals surface area (Å²) in [5.74, 6) is 0.923. The smallest absolute Gasteiger partial charge is 0.0931 e. The predicted octanol–water partition coefficient (Wildman–Crippen LogP) is 1.78. The molecule has 0 saturated carbocycles. The summed E-state index contributed by atoms with van der Waals surface area (Å²) < 4.78 is 0. The summed E-state index contributed by atoms with van der Waals surface area (Å²) in [6.45, 7) is 4.50. The van der Waals surface area contributed by atoms with Crippen molar-refractivity contribution < 1.29 is 5.11 Å². The van der Waals surface area contributed by atoms with E-state index in [-0.39, 0.29) is 12.5 Å². The molecule has 1 fully saturated rings. The van der Waals surface area contributed by atoms with Crippen LogP contribution in [0.2, 0.25) is 0 Å². The maximum atomic E-state index is 9.07. The van der Waals surface area contributed by atoms with Crippen LogP contribution in [0.3, 0.4) is 0 Å². The van der Waals surface area contributed by atoms with Gasteiger partial charge in [-0.05, 0) is 31.8 Å². The van der Waals surface area contributed by atoms with Crippen LogP contribution in [0.5, 0.6) is 0 Å². The van der Waals surface area contributed by atoms with Gasteiger partial charge in [-0.25, -0.2) is 4.98 Å². The first-order chi connectivity index (χ1) is 7.79. The molecule has 0 aromatic carbocycles. The molecule has 1 aliphatic heterocycles. The van der Waals surface area contributed by atoms with Gasteiger partial charge in [0.15, 0.2) is 0 Å². The van der Waals surface area contributed by atoms with Crippen LogP contribution in [0.1, 0.15) is 36.4 Å². The minimum absolute atomic E-state index is 0.175. The molecule has 3 nitrogen and oxygen atoms in total. The quantitative estimate of drug-likeness (QED) is 0.843. The van der Waals surface area contributed by atoms with Gasteiger partial charge in [0.2, 0.25) is 0 Å². The van der Waals surface area contributed by atoms with Crippen molar-refractivity contribution in [3.05, 3.63) is 16.1 Å². The Hall–Kier alpha value is -0.450. The first-order valence-corrected chi connectivity index (χ1v) is 6.93. The Labute approximate surface area is 101 Å². The molecule has 2 atom stereocenters. The minimum Gasteiger partial charge on any atom is -0.396 e. The van der Waals surface area contributed by atoms with E-state index in [0.717, 1.165) is 24.6 Å². The molecular formula is C12H20N2OS. The van der Waals surface area contributed by atoms with Crippen molar-refractivity contribution >= 4 is 11.3 Å². The van der Waals surface area contributed by atoms with Crippen LogP contribution in [-0.4, -0.2) is 29.8 Å². The average molecular weight is 240 g/mol. The molecule has 1 saturated heterocycles. The van der Waals surface area contributed by atoms with Gasteiger partial charge in [-0.3, -0.25) is 0 Å². The number of nitrogens with zero attached hydrogens (tertiary/aromatic N) is 1. The maximum absolute atomic E-state index is 9.07. The third-order valence-electron chi connectivity index (χ3n) is 3.21. The first kappa shape index (κ1) is 12.0. The zero-order valence-corrected chi connectivity index (χ0v) is 10.6. The number of aliphatic hydroxyl groups excluding tert-OH is 1. The van der Waals surface area contributed by atoms with Crippen molar-refractivity contribution in [1.82, 2.24) is 10.3 Å². The van der Waals surface area contributed by atoms with Crippen LogP contribution in [0, 0.1) is 5.92 Å². The van der Waals surface area contributed by atoms with Gasteiger partial charge in [0.05, 0.1) is 17.3 Å². The number of nitrogens with one attached hydrogen (secondary N) is 1. The van der Waals surface area contributed by atoms with Gasteiger partial charge in [-0.1, -0.05) is 6.92 Å². The van der Waals surface area contributed by atoms with E-state index < -0.39 is 0 Å². The Morgan fingerprint density at radius 3 is 3.25 bits per heavy atom. The SMILES string of the molecule is CC(CO)c1csc(CC2CCCNC2)n1. The van der Waals surface area contributed by atoms with E-state index >= 15 is 0 Å². The van der Waals surface area contributed by atoms with Gasteiger partial charge in [0.1, 0.15) is 0 Å². The van der Waals surface area contributed by atoms with Crippen molar-refractivity contribution in [3.8, 4) is 0 Å². The molecule has 16 heavy (non-hydrogen) atoms. The zero-order valence-electron chi connectivity index (χ0n) is 9.78. The summed E-state index contributed by atoms with van der Waals surface area (Å²) in [6, 6.07) is 0.